The number of para-hydroxylation sites is 1. The molecule has 0 saturated heterocycles. The van der Waals surface area contributed by atoms with Gasteiger partial charge in [-0.1, -0.05) is 42.5 Å². The SMILES string of the molecule is CN=C(NCc1ccccc1CN(C)C)NC1CC2(CCCC2)Oc2ccccc21. The minimum Gasteiger partial charge on any atom is -0.487 e. The number of rotatable bonds is 5. The Morgan fingerprint density at radius 3 is 2.50 bits per heavy atom. The molecule has 5 nitrogen and oxygen atoms in total. The van der Waals surface area contributed by atoms with E-state index >= 15 is 0 Å². The van der Waals surface area contributed by atoms with E-state index in [-0.39, 0.29) is 11.6 Å². The van der Waals surface area contributed by atoms with Gasteiger partial charge in [0.2, 0.25) is 0 Å². The summed E-state index contributed by atoms with van der Waals surface area (Å²) < 4.78 is 6.50. The molecule has 1 aliphatic carbocycles. The third-order valence-corrected chi connectivity index (χ3v) is 6.30. The number of aliphatic imine (C=N–C) groups is 1. The Morgan fingerprint density at radius 2 is 1.77 bits per heavy atom. The molecule has 0 radical (unpaired) electrons. The van der Waals surface area contributed by atoms with Crippen molar-refractivity contribution < 1.29 is 4.74 Å². The molecular formula is C25H34N4O. The Hall–Kier alpha value is -2.53. The van der Waals surface area contributed by atoms with Crippen LogP contribution in [0.5, 0.6) is 5.75 Å². The van der Waals surface area contributed by atoms with Crippen LogP contribution < -0.4 is 15.4 Å². The first kappa shape index (κ1) is 20.7. The van der Waals surface area contributed by atoms with Crippen LogP contribution in [-0.2, 0) is 13.1 Å². The summed E-state index contributed by atoms with van der Waals surface area (Å²) >= 11 is 0. The molecule has 30 heavy (non-hydrogen) atoms. The highest BCUT2D eigenvalue weighted by molar-refractivity contribution is 5.80. The van der Waals surface area contributed by atoms with E-state index in [1.807, 2.05) is 7.05 Å². The molecule has 1 saturated carbocycles. The summed E-state index contributed by atoms with van der Waals surface area (Å²) in [6, 6.07) is 17.3. The fourth-order valence-electron chi connectivity index (χ4n) is 4.84. The first-order valence-electron chi connectivity index (χ1n) is 11.1. The Bertz CT molecular complexity index is 886. The van der Waals surface area contributed by atoms with Crippen molar-refractivity contribution in [3.8, 4) is 5.75 Å². The van der Waals surface area contributed by atoms with Gasteiger partial charge in [-0.3, -0.25) is 4.99 Å². The monoisotopic (exact) mass is 406 g/mol. The van der Waals surface area contributed by atoms with E-state index in [2.05, 4.69) is 83.2 Å². The molecule has 1 fully saturated rings. The molecule has 4 rings (SSSR count). The van der Waals surface area contributed by atoms with E-state index in [9.17, 15) is 0 Å². The maximum Gasteiger partial charge on any atom is 0.191 e. The molecule has 0 aromatic heterocycles. The number of fused-ring (bicyclic) bond motifs is 1. The van der Waals surface area contributed by atoms with Crippen LogP contribution in [0.15, 0.2) is 53.5 Å². The van der Waals surface area contributed by atoms with E-state index in [0.717, 1.165) is 44.1 Å². The van der Waals surface area contributed by atoms with Gasteiger partial charge in [0.15, 0.2) is 5.96 Å². The highest BCUT2D eigenvalue weighted by Crippen LogP contribution is 2.46. The van der Waals surface area contributed by atoms with Crippen molar-refractivity contribution in [3.05, 3.63) is 65.2 Å². The molecule has 2 aliphatic rings. The molecule has 0 amide bonds. The Balaban J connectivity index is 1.48. The number of guanidine groups is 1. The summed E-state index contributed by atoms with van der Waals surface area (Å²) in [4.78, 5) is 6.72. The van der Waals surface area contributed by atoms with Gasteiger partial charge >= 0.3 is 0 Å². The van der Waals surface area contributed by atoms with E-state index in [0.29, 0.717) is 0 Å². The van der Waals surface area contributed by atoms with Gasteiger partial charge in [0, 0.05) is 32.1 Å². The second-order valence-corrected chi connectivity index (χ2v) is 8.86. The molecule has 1 spiro atoms. The van der Waals surface area contributed by atoms with E-state index in [1.165, 1.54) is 29.5 Å². The van der Waals surface area contributed by atoms with Gasteiger partial charge in [-0.25, -0.2) is 0 Å². The molecular weight excluding hydrogens is 372 g/mol. The van der Waals surface area contributed by atoms with Crippen molar-refractivity contribution >= 4 is 5.96 Å². The van der Waals surface area contributed by atoms with Gasteiger partial charge in [-0.05, 0) is 57.0 Å². The molecule has 0 bridgehead atoms. The standard InChI is InChI=1S/C25H34N4O/c1-26-24(27-17-19-10-4-5-11-20(19)18-29(2)3)28-22-16-25(14-8-9-15-25)30-23-13-7-6-12-21(22)23/h4-7,10-13,22H,8-9,14-18H2,1-3H3,(H2,26,27,28). The maximum absolute atomic E-state index is 6.50. The third-order valence-electron chi connectivity index (χ3n) is 6.30. The van der Waals surface area contributed by atoms with Crippen LogP contribution in [0.1, 0.15) is 54.8 Å². The number of hydrogen-bond acceptors (Lipinski definition) is 3. The summed E-state index contributed by atoms with van der Waals surface area (Å²) in [5.41, 5.74) is 3.84. The fourth-order valence-corrected chi connectivity index (χ4v) is 4.84. The molecule has 1 unspecified atom stereocenters. The molecule has 160 valence electrons. The zero-order valence-corrected chi connectivity index (χ0v) is 18.4. The number of ether oxygens (including phenoxy) is 1. The van der Waals surface area contributed by atoms with Gasteiger partial charge in [0.05, 0.1) is 6.04 Å². The summed E-state index contributed by atoms with van der Waals surface area (Å²) in [6.07, 6.45) is 5.78. The summed E-state index contributed by atoms with van der Waals surface area (Å²) in [5, 5.41) is 7.23. The normalized spacial score (nSPS) is 20.1. The Kier molecular flexibility index (Phi) is 6.28. The van der Waals surface area contributed by atoms with Gasteiger partial charge in [0.1, 0.15) is 11.4 Å². The smallest absolute Gasteiger partial charge is 0.191 e. The topological polar surface area (TPSA) is 48.9 Å². The zero-order chi connectivity index (χ0) is 21.0. The lowest BCUT2D eigenvalue weighted by atomic mass is 9.86. The van der Waals surface area contributed by atoms with Crippen molar-refractivity contribution in [3.63, 3.8) is 0 Å². The van der Waals surface area contributed by atoms with E-state index in [4.69, 9.17) is 4.74 Å². The van der Waals surface area contributed by atoms with Crippen LogP contribution in [0.4, 0.5) is 0 Å². The van der Waals surface area contributed by atoms with Gasteiger partial charge in [-0.15, -0.1) is 0 Å². The lowest BCUT2D eigenvalue weighted by molar-refractivity contribution is 0.0396. The molecule has 2 aromatic carbocycles. The summed E-state index contributed by atoms with van der Waals surface area (Å²) in [5.74, 6) is 1.86. The van der Waals surface area contributed by atoms with Crippen molar-refractivity contribution in [1.29, 1.82) is 0 Å². The third kappa shape index (κ3) is 4.62. The molecule has 2 N–H and O–H groups in total. The second kappa shape index (κ2) is 9.09. The average Bonchev–Trinajstić information content (AvgIpc) is 3.18. The van der Waals surface area contributed by atoms with Crippen molar-refractivity contribution in [2.75, 3.05) is 21.1 Å². The van der Waals surface area contributed by atoms with Crippen molar-refractivity contribution in [2.45, 2.75) is 56.8 Å². The molecule has 1 aliphatic heterocycles. The maximum atomic E-state index is 6.50. The lowest BCUT2D eigenvalue weighted by Gasteiger charge is -2.40. The average molecular weight is 407 g/mol. The van der Waals surface area contributed by atoms with Crippen LogP contribution in [0.25, 0.3) is 0 Å². The number of nitrogens with zero attached hydrogens (tertiary/aromatic N) is 2. The first-order valence-corrected chi connectivity index (χ1v) is 11.1. The van der Waals surface area contributed by atoms with Crippen LogP contribution in [0, 0.1) is 0 Å². The van der Waals surface area contributed by atoms with Crippen LogP contribution in [-0.4, -0.2) is 37.6 Å². The second-order valence-electron chi connectivity index (χ2n) is 8.86. The number of hydrogen-bond donors (Lipinski definition) is 2. The summed E-state index contributed by atoms with van der Waals surface area (Å²) in [7, 11) is 6.05. The van der Waals surface area contributed by atoms with Gasteiger partial charge in [0.25, 0.3) is 0 Å². The predicted molar refractivity (Wildman–Crippen MR) is 123 cm³/mol. The van der Waals surface area contributed by atoms with E-state index in [1.54, 1.807) is 0 Å². The Labute approximate surface area is 180 Å². The van der Waals surface area contributed by atoms with Crippen LogP contribution in [0.3, 0.4) is 0 Å². The highest BCUT2D eigenvalue weighted by Gasteiger charge is 2.43. The summed E-state index contributed by atoms with van der Waals surface area (Å²) in [6.45, 7) is 1.68. The molecule has 1 atom stereocenters. The first-order chi connectivity index (χ1) is 14.6. The van der Waals surface area contributed by atoms with Crippen LogP contribution >= 0.6 is 0 Å². The lowest BCUT2D eigenvalue weighted by Crippen LogP contribution is -2.46. The number of benzene rings is 2. The zero-order valence-electron chi connectivity index (χ0n) is 18.4. The largest absolute Gasteiger partial charge is 0.487 e. The molecule has 5 heteroatoms. The highest BCUT2D eigenvalue weighted by atomic mass is 16.5. The van der Waals surface area contributed by atoms with Crippen molar-refractivity contribution in [1.82, 2.24) is 15.5 Å². The van der Waals surface area contributed by atoms with Gasteiger partial charge in [-0.2, -0.15) is 0 Å². The minimum atomic E-state index is -0.0246. The van der Waals surface area contributed by atoms with Crippen LogP contribution in [0.2, 0.25) is 0 Å². The van der Waals surface area contributed by atoms with Gasteiger partial charge < -0.3 is 20.3 Å². The number of nitrogens with one attached hydrogen (secondary N) is 2. The quantitative estimate of drug-likeness (QED) is 0.576. The fraction of sp³-hybridized carbons (Fsp3) is 0.480. The van der Waals surface area contributed by atoms with E-state index < -0.39 is 0 Å². The van der Waals surface area contributed by atoms with Crippen molar-refractivity contribution in [2.24, 2.45) is 4.99 Å². The minimum absolute atomic E-state index is 0.0246. The predicted octanol–water partition coefficient (Wildman–Crippen LogP) is 4.25. The molecule has 1 heterocycles. The Morgan fingerprint density at radius 1 is 1.07 bits per heavy atom. The molecule has 2 aromatic rings.